The van der Waals surface area contributed by atoms with Crippen molar-refractivity contribution in [2.45, 2.75) is 28.4 Å². The van der Waals surface area contributed by atoms with Crippen molar-refractivity contribution in [2.75, 3.05) is 0 Å². The summed E-state index contributed by atoms with van der Waals surface area (Å²) in [5.41, 5.74) is 21.6. The summed E-state index contributed by atoms with van der Waals surface area (Å²) in [6, 6.07) is 110. The second-order valence-electron chi connectivity index (χ2n) is 28.4. The Balaban J connectivity index is 0.725. The van der Waals surface area contributed by atoms with Gasteiger partial charge < -0.3 is 0 Å². The molecular formula is C100H62N4S4. The molecule has 0 N–H and O–H groups in total. The van der Waals surface area contributed by atoms with E-state index in [1.54, 1.807) is 0 Å². The van der Waals surface area contributed by atoms with Crippen LogP contribution in [0.25, 0.3) is 194 Å². The van der Waals surface area contributed by atoms with E-state index in [4.69, 9.17) is 19.9 Å². The van der Waals surface area contributed by atoms with Gasteiger partial charge in [0.05, 0.1) is 22.8 Å². The average Bonchev–Trinajstić information content (AvgIpc) is 1.55. The third kappa shape index (κ3) is 10.5. The fourth-order valence-electron chi connectivity index (χ4n) is 17.1. The Morgan fingerprint density at radius 2 is 0.769 bits per heavy atom. The topological polar surface area (TPSA) is 51.6 Å². The average molecular weight is 1450 g/mol. The first-order chi connectivity index (χ1) is 53.5. The smallest absolute Gasteiger partial charge is 0.161 e. The zero-order valence-corrected chi connectivity index (χ0v) is 61.5. The van der Waals surface area contributed by atoms with Crippen molar-refractivity contribution in [1.82, 2.24) is 19.9 Å². The zero-order chi connectivity index (χ0) is 70.9. The van der Waals surface area contributed by atoms with Crippen LogP contribution in [0.1, 0.15) is 29.4 Å². The molecule has 19 aromatic rings. The molecule has 0 bridgehead atoms. The van der Waals surface area contributed by atoms with Gasteiger partial charge in [0.2, 0.25) is 0 Å². The first-order valence-corrected chi connectivity index (χ1v) is 40.2. The second-order valence-corrected chi connectivity index (χ2v) is 32.7. The molecule has 14 aromatic carbocycles. The van der Waals surface area contributed by atoms with Crippen molar-refractivity contribution in [3.8, 4) is 112 Å². The first kappa shape index (κ1) is 63.0. The Bertz CT molecular complexity index is 7080. The van der Waals surface area contributed by atoms with E-state index in [0.717, 1.165) is 123 Å². The molecule has 4 nitrogen and oxygen atoms in total. The summed E-state index contributed by atoms with van der Waals surface area (Å²) in [6.45, 7) is 0. The van der Waals surface area contributed by atoms with Gasteiger partial charge in [0.15, 0.2) is 11.6 Å². The van der Waals surface area contributed by atoms with Gasteiger partial charge in [-0.15, -0.1) is 45.8 Å². The molecule has 3 atom stereocenters. The summed E-state index contributed by atoms with van der Waals surface area (Å²) in [6.07, 6.45) is 19.0. The minimum Gasteiger partial charge on any atom is -0.228 e. The third-order valence-corrected chi connectivity index (χ3v) is 27.3. The molecule has 3 unspecified atom stereocenters. The highest BCUT2D eigenvalue weighted by Crippen LogP contribution is 2.54. The molecule has 0 spiro atoms. The summed E-state index contributed by atoms with van der Waals surface area (Å²) in [5.74, 6) is 2.01. The number of rotatable bonds is 11. The highest BCUT2D eigenvalue weighted by Gasteiger charge is 2.34. The summed E-state index contributed by atoms with van der Waals surface area (Å²) in [5, 5.41) is 12.1. The molecular weight excluding hydrogens is 1390 g/mol. The SMILES string of the molecule is C1=CCC(c2ccc(-c3ccc4cc(-c5ccccc5)ccc4c3-c3nc(-c4cccc5c4sc4ccccc45)cc(-c4cccc5c4sc4cc(-c6cccc7c(-c8nc(-c9cccc%10c9SC9C=CC=CC%109)cc(-c9cccc%10c9sc9ccccc9%10)n8)c(-c8ccccc8)ccc67)ccc45)n3)cc2)C=C1. The molecule has 3 aliphatic rings. The van der Waals surface area contributed by atoms with Gasteiger partial charge in [0.25, 0.3) is 0 Å². The standard InChI is InChI=1S/C100H62N4S4/c1-4-21-59(22-5-1)61-43-45-63(46-44-61)68-51-48-65-55-64(60-23-6-2-7-24-60)47-50-70(65)93(68)99-101-85(81-36-17-32-77-72-27-10-13-40-89(72)105-95(77)81)57-88(102-99)84-39-20-35-80-75-52-49-66(56-92(75)108-98(80)84)67-30-16-31-76-71(67)54-53-69(62-25-8-3-9-26-62)94(76)100-103-86(82-37-18-33-78-73-28-11-14-41-90(73)106-96(78)82)58-87(104-100)83-38-19-34-79-74-29-12-15-42-91(74)107-97(79)83/h1-21,23-59,73,90H,22H2. The van der Waals surface area contributed by atoms with Gasteiger partial charge in [0.1, 0.15) is 0 Å². The Morgan fingerprint density at radius 3 is 1.42 bits per heavy atom. The fraction of sp³-hybridized carbons (Fsp3) is 0.0400. The number of allylic oxidation sites excluding steroid dienone is 7. The van der Waals surface area contributed by atoms with Crippen molar-refractivity contribution >= 4 is 128 Å². The lowest BCUT2D eigenvalue weighted by atomic mass is 9.89. The van der Waals surface area contributed by atoms with Crippen molar-refractivity contribution in [2.24, 2.45) is 0 Å². The van der Waals surface area contributed by atoms with Crippen LogP contribution < -0.4 is 0 Å². The number of thioether (sulfide) groups is 1. The van der Waals surface area contributed by atoms with Crippen molar-refractivity contribution in [3.63, 3.8) is 0 Å². The maximum absolute atomic E-state index is 5.88. The van der Waals surface area contributed by atoms with E-state index in [0.29, 0.717) is 28.7 Å². The first-order valence-electron chi connectivity index (χ1n) is 36.9. The van der Waals surface area contributed by atoms with Crippen molar-refractivity contribution in [1.29, 1.82) is 0 Å². The van der Waals surface area contributed by atoms with Crippen LogP contribution in [0.2, 0.25) is 0 Å². The molecule has 0 saturated carbocycles. The van der Waals surface area contributed by atoms with Gasteiger partial charge in [-0.2, -0.15) is 0 Å². The minimum atomic E-state index is 0.306. The summed E-state index contributed by atoms with van der Waals surface area (Å²) < 4.78 is 7.31. The highest BCUT2D eigenvalue weighted by molar-refractivity contribution is 8.00. The van der Waals surface area contributed by atoms with Crippen LogP contribution in [0.5, 0.6) is 0 Å². The lowest BCUT2D eigenvalue weighted by Gasteiger charge is -2.18. The van der Waals surface area contributed by atoms with Crippen LogP contribution in [0.4, 0.5) is 0 Å². The number of benzene rings is 14. The van der Waals surface area contributed by atoms with Crippen LogP contribution in [0, 0.1) is 0 Å². The number of hydrogen-bond acceptors (Lipinski definition) is 8. The van der Waals surface area contributed by atoms with Gasteiger partial charge in [0, 0.05) is 116 Å². The van der Waals surface area contributed by atoms with E-state index >= 15 is 0 Å². The van der Waals surface area contributed by atoms with E-state index in [-0.39, 0.29) is 0 Å². The van der Waals surface area contributed by atoms with Gasteiger partial charge in [-0.3, -0.25) is 0 Å². The van der Waals surface area contributed by atoms with Crippen molar-refractivity contribution < 1.29 is 0 Å². The number of thiophene rings is 3. The summed E-state index contributed by atoms with van der Waals surface area (Å²) in [7, 11) is 0. The van der Waals surface area contributed by atoms with Gasteiger partial charge in [-0.25, -0.2) is 19.9 Å². The van der Waals surface area contributed by atoms with E-state index in [1.807, 2.05) is 45.8 Å². The number of aromatic nitrogens is 4. The summed E-state index contributed by atoms with van der Waals surface area (Å²) in [4.78, 5) is 24.6. The molecule has 8 heteroatoms. The predicted molar refractivity (Wildman–Crippen MR) is 462 cm³/mol. The molecule has 0 saturated heterocycles. The van der Waals surface area contributed by atoms with Crippen LogP contribution >= 0.6 is 45.8 Å². The maximum atomic E-state index is 5.88. The Morgan fingerprint density at radius 1 is 0.287 bits per heavy atom. The highest BCUT2D eigenvalue weighted by atomic mass is 32.2. The monoisotopic (exact) mass is 1450 g/mol. The minimum absolute atomic E-state index is 0.306. The summed E-state index contributed by atoms with van der Waals surface area (Å²) >= 11 is 7.47. The van der Waals surface area contributed by atoms with Gasteiger partial charge >= 0.3 is 0 Å². The maximum Gasteiger partial charge on any atom is 0.161 e. The van der Waals surface area contributed by atoms with Gasteiger partial charge in [-0.1, -0.05) is 309 Å². The molecule has 2 aliphatic carbocycles. The molecule has 22 rings (SSSR count). The van der Waals surface area contributed by atoms with Crippen LogP contribution in [0.3, 0.4) is 0 Å². The molecule has 506 valence electrons. The van der Waals surface area contributed by atoms with Gasteiger partial charge in [-0.05, 0) is 120 Å². The predicted octanol–water partition coefficient (Wildman–Crippen LogP) is 28.6. The molecule has 108 heavy (non-hydrogen) atoms. The quantitative estimate of drug-likeness (QED) is 0.129. The molecule has 0 fully saturated rings. The lowest BCUT2D eigenvalue weighted by Crippen LogP contribution is -2.06. The van der Waals surface area contributed by atoms with E-state index in [1.165, 1.54) is 82.1 Å². The van der Waals surface area contributed by atoms with E-state index in [9.17, 15) is 0 Å². The molecule has 0 amide bonds. The largest absolute Gasteiger partial charge is 0.228 e. The Kier molecular flexibility index (Phi) is 15.0. The van der Waals surface area contributed by atoms with Crippen LogP contribution in [0.15, 0.2) is 351 Å². The Hall–Kier alpha value is -12.3. The fourth-order valence-corrected chi connectivity index (χ4v) is 22.2. The molecule has 0 radical (unpaired) electrons. The number of hydrogen-bond donors (Lipinski definition) is 0. The molecule has 6 heterocycles. The Labute approximate surface area is 640 Å². The van der Waals surface area contributed by atoms with E-state index < -0.39 is 0 Å². The van der Waals surface area contributed by atoms with Crippen molar-refractivity contribution in [3.05, 3.63) is 357 Å². The lowest BCUT2D eigenvalue weighted by molar-refractivity contribution is 0.854. The third-order valence-electron chi connectivity index (χ3n) is 22.3. The van der Waals surface area contributed by atoms with Crippen LogP contribution in [-0.2, 0) is 0 Å². The second kappa shape index (κ2) is 25.8. The normalized spacial score (nSPS) is 15.3. The molecule has 5 aromatic heterocycles. The number of fused-ring (bicyclic) bond motifs is 14. The van der Waals surface area contributed by atoms with Crippen LogP contribution in [-0.4, -0.2) is 25.2 Å². The molecule has 1 aliphatic heterocycles. The van der Waals surface area contributed by atoms with E-state index in [2.05, 4.69) is 346 Å². The zero-order valence-electron chi connectivity index (χ0n) is 58.3. The number of nitrogens with zero attached hydrogens (tertiary/aromatic N) is 4.